The molecule has 1 heteroatoms. The minimum Gasteiger partial charge on any atom is -0.455 e. The van der Waals surface area contributed by atoms with E-state index in [0.29, 0.717) is 0 Å². The van der Waals surface area contributed by atoms with Crippen molar-refractivity contribution in [2.75, 3.05) is 0 Å². The third-order valence-corrected chi connectivity index (χ3v) is 11.3. The van der Waals surface area contributed by atoms with Crippen LogP contribution < -0.4 is 0 Å². The van der Waals surface area contributed by atoms with Crippen LogP contribution in [0.25, 0.3) is 76.9 Å². The average Bonchev–Trinajstić information content (AvgIpc) is 3.76. The largest absolute Gasteiger partial charge is 0.455 e. The van der Waals surface area contributed by atoms with Gasteiger partial charge in [0.1, 0.15) is 11.2 Å². The van der Waals surface area contributed by atoms with Gasteiger partial charge >= 0.3 is 0 Å². The molecule has 1 aliphatic carbocycles. The second-order valence-electron chi connectivity index (χ2n) is 14.0. The van der Waals surface area contributed by atoms with Gasteiger partial charge in [-0.15, -0.1) is 0 Å². The highest BCUT2D eigenvalue weighted by atomic mass is 16.3. The summed E-state index contributed by atoms with van der Waals surface area (Å²) in [5.41, 5.74) is 13.9. The van der Waals surface area contributed by atoms with Crippen molar-refractivity contribution < 1.29 is 4.42 Å². The van der Waals surface area contributed by atoms with Gasteiger partial charge in [0, 0.05) is 16.2 Å². The summed E-state index contributed by atoms with van der Waals surface area (Å²) < 4.78 is 6.58. The van der Waals surface area contributed by atoms with E-state index in [1.54, 1.807) is 0 Å². The predicted molar refractivity (Wildman–Crippen MR) is 217 cm³/mol. The summed E-state index contributed by atoms with van der Waals surface area (Å²) in [6, 6.07) is 71.2. The molecule has 0 bridgehead atoms. The van der Waals surface area contributed by atoms with Crippen LogP contribution in [0, 0.1) is 0 Å². The Morgan fingerprint density at radius 2 is 1.00 bits per heavy atom. The predicted octanol–water partition coefficient (Wildman–Crippen LogP) is 13.6. The van der Waals surface area contributed by atoms with E-state index >= 15 is 0 Å². The highest BCUT2D eigenvalue weighted by Crippen LogP contribution is 2.61. The molecule has 10 aromatic rings. The molecule has 0 radical (unpaired) electrons. The van der Waals surface area contributed by atoms with Gasteiger partial charge in [0.2, 0.25) is 0 Å². The van der Waals surface area contributed by atoms with Crippen LogP contribution in [-0.2, 0) is 5.41 Å². The fraction of sp³-hybridized carbons (Fsp3) is 0.0196. The van der Waals surface area contributed by atoms with Crippen LogP contribution in [-0.4, -0.2) is 0 Å². The second-order valence-corrected chi connectivity index (χ2v) is 14.0. The molecule has 0 spiro atoms. The van der Waals surface area contributed by atoms with Crippen molar-refractivity contribution in [2.24, 2.45) is 0 Å². The van der Waals surface area contributed by atoms with Gasteiger partial charge in [0.15, 0.2) is 0 Å². The lowest BCUT2D eigenvalue weighted by Crippen LogP contribution is -2.29. The summed E-state index contributed by atoms with van der Waals surface area (Å²) in [5, 5.41) is 7.10. The van der Waals surface area contributed by atoms with Gasteiger partial charge in [0.25, 0.3) is 0 Å². The van der Waals surface area contributed by atoms with Gasteiger partial charge in [-0.1, -0.05) is 164 Å². The summed E-state index contributed by atoms with van der Waals surface area (Å²) in [6.07, 6.45) is 0. The normalized spacial score (nSPS) is 13.2. The molecule has 1 aliphatic rings. The van der Waals surface area contributed by atoms with Gasteiger partial charge < -0.3 is 4.42 Å². The summed E-state index contributed by atoms with van der Waals surface area (Å²) in [4.78, 5) is 0. The first-order valence-corrected chi connectivity index (χ1v) is 18.0. The molecule has 0 saturated heterocycles. The van der Waals surface area contributed by atoms with E-state index in [0.717, 1.165) is 27.3 Å². The number of rotatable bonds is 4. The number of fused-ring (bicyclic) bond motifs is 10. The van der Waals surface area contributed by atoms with Gasteiger partial charge in [-0.2, -0.15) is 0 Å². The first-order valence-electron chi connectivity index (χ1n) is 18.0. The van der Waals surface area contributed by atoms with Crippen molar-refractivity contribution in [3.05, 3.63) is 216 Å². The zero-order valence-electron chi connectivity index (χ0n) is 28.4. The number of hydrogen-bond donors (Lipinski definition) is 0. The molecule has 1 aromatic heterocycles. The zero-order chi connectivity index (χ0) is 34.2. The second kappa shape index (κ2) is 11.2. The summed E-state index contributed by atoms with van der Waals surface area (Å²) in [6.45, 7) is 0. The number of furan rings is 1. The monoisotopic (exact) mass is 660 g/mol. The molecule has 1 heterocycles. The average molecular weight is 661 g/mol. The highest BCUT2D eigenvalue weighted by molar-refractivity contribution is 6.16. The van der Waals surface area contributed by atoms with Crippen molar-refractivity contribution in [3.63, 3.8) is 0 Å². The van der Waals surface area contributed by atoms with Crippen molar-refractivity contribution in [3.8, 4) is 33.4 Å². The smallest absolute Gasteiger partial charge is 0.143 e. The lowest BCUT2D eigenvalue weighted by Gasteiger charge is -2.35. The molecule has 11 rings (SSSR count). The Morgan fingerprint density at radius 1 is 0.365 bits per heavy atom. The molecule has 1 nitrogen and oxygen atoms in total. The summed E-state index contributed by atoms with van der Waals surface area (Å²) in [5.74, 6) is 0. The first kappa shape index (κ1) is 29.1. The molecule has 0 fully saturated rings. The van der Waals surface area contributed by atoms with E-state index in [1.165, 1.54) is 71.8 Å². The SMILES string of the molecule is c1ccc(-c2ccc3c(c2)C(c2ccccc2)(c2ccccc2)c2c-3c(-c3ccc4oc5c6ccccc6ccc5c4c3)cc3ccccc23)cc1. The van der Waals surface area contributed by atoms with E-state index < -0.39 is 5.41 Å². The molecule has 0 saturated carbocycles. The molecule has 0 amide bonds. The maximum atomic E-state index is 6.58. The van der Waals surface area contributed by atoms with Crippen LogP contribution >= 0.6 is 0 Å². The Hall–Kier alpha value is -6.70. The van der Waals surface area contributed by atoms with E-state index in [4.69, 9.17) is 4.42 Å². The maximum absolute atomic E-state index is 6.58. The van der Waals surface area contributed by atoms with E-state index in [9.17, 15) is 0 Å². The quantitative estimate of drug-likeness (QED) is 0.183. The first-order chi connectivity index (χ1) is 25.8. The minimum atomic E-state index is -0.557. The van der Waals surface area contributed by atoms with Crippen LogP contribution in [0.2, 0.25) is 0 Å². The Morgan fingerprint density at radius 3 is 1.75 bits per heavy atom. The number of hydrogen-bond acceptors (Lipinski definition) is 1. The van der Waals surface area contributed by atoms with Crippen LogP contribution in [0.4, 0.5) is 0 Å². The van der Waals surface area contributed by atoms with Gasteiger partial charge in [-0.25, -0.2) is 0 Å². The molecule has 0 unspecified atom stereocenters. The van der Waals surface area contributed by atoms with Crippen molar-refractivity contribution in [2.45, 2.75) is 5.41 Å². The van der Waals surface area contributed by atoms with Crippen molar-refractivity contribution in [1.82, 2.24) is 0 Å². The van der Waals surface area contributed by atoms with Crippen LogP contribution in [0.1, 0.15) is 22.3 Å². The Labute approximate surface area is 302 Å². The zero-order valence-corrected chi connectivity index (χ0v) is 28.4. The van der Waals surface area contributed by atoms with Gasteiger partial charge in [-0.3, -0.25) is 0 Å². The molecule has 0 atom stereocenters. The lowest BCUT2D eigenvalue weighted by molar-refractivity contribution is 0.672. The lowest BCUT2D eigenvalue weighted by atomic mass is 9.66. The molecule has 52 heavy (non-hydrogen) atoms. The fourth-order valence-electron chi connectivity index (χ4n) is 9.08. The fourth-order valence-corrected chi connectivity index (χ4v) is 9.08. The molecule has 242 valence electrons. The van der Waals surface area contributed by atoms with Crippen LogP contribution in [0.15, 0.2) is 199 Å². The Balaban J connectivity index is 1.29. The topological polar surface area (TPSA) is 13.1 Å². The molecule has 0 N–H and O–H groups in total. The van der Waals surface area contributed by atoms with Crippen LogP contribution in [0.5, 0.6) is 0 Å². The molecule has 0 aliphatic heterocycles. The van der Waals surface area contributed by atoms with E-state index in [1.807, 2.05) is 0 Å². The van der Waals surface area contributed by atoms with Crippen molar-refractivity contribution >= 4 is 43.5 Å². The van der Waals surface area contributed by atoms with Gasteiger partial charge in [-0.05, 0) is 102 Å². The van der Waals surface area contributed by atoms with Crippen molar-refractivity contribution in [1.29, 1.82) is 0 Å². The Bertz CT molecular complexity index is 2950. The van der Waals surface area contributed by atoms with E-state index in [-0.39, 0.29) is 0 Å². The third kappa shape index (κ3) is 4.05. The highest BCUT2D eigenvalue weighted by Gasteiger charge is 2.48. The summed E-state index contributed by atoms with van der Waals surface area (Å²) >= 11 is 0. The van der Waals surface area contributed by atoms with Gasteiger partial charge in [0.05, 0.1) is 5.41 Å². The maximum Gasteiger partial charge on any atom is 0.143 e. The Kier molecular flexibility index (Phi) is 6.23. The van der Waals surface area contributed by atoms with E-state index in [2.05, 4.69) is 194 Å². The standard InChI is InChI=1S/C51H32O/c1-4-14-33(15-5-1)35-25-28-43-46(32-35)51(38-18-6-2-7-19-38,39-20-8-3-9-21-39)49-40-22-12-11-17-36(40)30-44(48(43)49)37-26-29-47-45(31-37)42-27-24-34-16-10-13-23-41(34)50(42)52-47/h1-32H. The molecular weight excluding hydrogens is 629 g/mol. The molecule has 9 aromatic carbocycles. The summed E-state index contributed by atoms with van der Waals surface area (Å²) in [7, 11) is 0. The minimum absolute atomic E-state index is 0.557. The number of benzene rings is 9. The molecular formula is C51H32O. The van der Waals surface area contributed by atoms with Crippen LogP contribution in [0.3, 0.4) is 0 Å². The third-order valence-electron chi connectivity index (χ3n) is 11.3.